The molecule has 1 N–H and O–H groups in total. The monoisotopic (exact) mass is 549 g/mol. The minimum Gasteiger partial charge on any atom is -0.497 e. The Balaban J connectivity index is 1.26. The van der Waals surface area contributed by atoms with Gasteiger partial charge in [-0.05, 0) is 43.4 Å². The highest BCUT2D eigenvalue weighted by Crippen LogP contribution is 2.35. The van der Waals surface area contributed by atoms with Crippen LogP contribution in [0.4, 0.5) is 0 Å². The highest BCUT2D eigenvalue weighted by Gasteiger charge is 2.34. The first-order valence-electron chi connectivity index (χ1n) is 12.7. The lowest BCUT2D eigenvalue weighted by Crippen LogP contribution is -2.37. The number of nitrogens with zero attached hydrogens (tertiary/aromatic N) is 1. The van der Waals surface area contributed by atoms with Gasteiger partial charge in [-0.2, -0.15) is 12.5 Å². The SMILES string of the molecule is C=C1C[C@H](C[C@@H]2C[C@@H](O)C[C@H](c3coc(COCc4ccc(OC)cc4)n3)O2)O[C@@H](CCOB(P)S)C1. The number of oxazole rings is 1. The fraction of sp³-hybridized carbons (Fsp3) is 0.577. The van der Waals surface area contributed by atoms with Gasteiger partial charge in [0.15, 0.2) is 0 Å². The molecular formula is C26H37BNO7PS. The summed E-state index contributed by atoms with van der Waals surface area (Å²) in [5.74, 6) is 1.12. The molecule has 6 atom stereocenters. The van der Waals surface area contributed by atoms with Crippen molar-refractivity contribution in [1.29, 1.82) is 0 Å². The number of hydrogen-bond acceptors (Lipinski definition) is 9. The zero-order chi connectivity index (χ0) is 26.2. The van der Waals surface area contributed by atoms with Gasteiger partial charge >= 0.3 is 5.91 Å². The third-order valence-corrected chi connectivity index (χ3v) is 6.94. The molecule has 0 bridgehead atoms. The summed E-state index contributed by atoms with van der Waals surface area (Å²) in [7, 11) is 4.15. The largest absolute Gasteiger partial charge is 0.497 e. The molecule has 4 rings (SSSR count). The van der Waals surface area contributed by atoms with Gasteiger partial charge in [0.25, 0.3) is 0 Å². The second kappa shape index (κ2) is 14.1. The molecule has 0 spiro atoms. The molecule has 0 amide bonds. The van der Waals surface area contributed by atoms with Gasteiger partial charge in [-0.1, -0.05) is 24.3 Å². The molecule has 1 aromatic heterocycles. The number of aromatic nitrogens is 1. The molecule has 2 aromatic rings. The van der Waals surface area contributed by atoms with Gasteiger partial charge in [-0.25, -0.2) is 4.98 Å². The summed E-state index contributed by atoms with van der Waals surface area (Å²) < 4.78 is 34.8. The van der Waals surface area contributed by atoms with Crippen molar-refractivity contribution in [3.63, 3.8) is 0 Å². The summed E-state index contributed by atoms with van der Waals surface area (Å²) in [6, 6.07) is 7.72. The van der Waals surface area contributed by atoms with E-state index in [9.17, 15) is 5.11 Å². The fourth-order valence-electron chi connectivity index (χ4n) is 4.87. The van der Waals surface area contributed by atoms with Gasteiger partial charge < -0.3 is 33.1 Å². The van der Waals surface area contributed by atoms with Gasteiger partial charge in [0, 0.05) is 19.4 Å². The first-order valence-corrected chi connectivity index (χ1v) is 13.9. The first-order chi connectivity index (χ1) is 17.9. The fourth-order valence-corrected chi connectivity index (χ4v) is 5.11. The lowest BCUT2D eigenvalue weighted by molar-refractivity contribution is -0.128. The van der Waals surface area contributed by atoms with E-state index >= 15 is 0 Å². The minimum absolute atomic E-state index is 0.00391. The summed E-state index contributed by atoms with van der Waals surface area (Å²) in [6.45, 7) is 5.49. The smallest absolute Gasteiger partial charge is 0.380 e. The predicted octanol–water partition coefficient (Wildman–Crippen LogP) is 4.67. The molecule has 1 unspecified atom stereocenters. The standard InChI is InChI=1S/C26H37BNO7PS/c1-17-9-21(7-8-33-27(36)37)34-22(10-17)13-23-11-19(29)12-25(35-23)24-15-32-26(28-24)16-31-14-18-3-5-20(30-2)6-4-18/h3-6,15,19,21-23,25,29,37H,1,7-14,16,36H2,2H3/t19-,21+,22-,23+,25-/m1/s1. The van der Waals surface area contributed by atoms with Crippen LogP contribution in [0, 0.1) is 0 Å². The molecule has 202 valence electrons. The topological polar surface area (TPSA) is 92.4 Å². The number of thiol groups is 1. The average Bonchev–Trinajstić information content (AvgIpc) is 3.33. The summed E-state index contributed by atoms with van der Waals surface area (Å²) in [5, 5.41) is 10.6. The van der Waals surface area contributed by atoms with Crippen LogP contribution in [0.15, 0.2) is 47.1 Å². The molecule has 0 aliphatic carbocycles. The second-order valence-electron chi connectivity index (χ2n) is 9.70. The number of rotatable bonds is 12. The summed E-state index contributed by atoms with van der Waals surface area (Å²) in [6.07, 6.45) is 4.91. The Morgan fingerprint density at radius 1 is 1.14 bits per heavy atom. The maximum Gasteiger partial charge on any atom is 0.380 e. The van der Waals surface area contributed by atoms with Crippen LogP contribution >= 0.6 is 21.6 Å². The molecular weight excluding hydrogens is 512 g/mol. The van der Waals surface area contributed by atoms with Gasteiger partial charge in [0.05, 0.1) is 38.1 Å². The number of aliphatic hydroxyl groups is 1. The molecule has 11 heteroatoms. The molecule has 0 radical (unpaired) electrons. The van der Waals surface area contributed by atoms with Crippen molar-refractivity contribution >= 4 is 27.5 Å². The van der Waals surface area contributed by atoms with Gasteiger partial charge in [0.1, 0.15) is 30.4 Å². The highest BCUT2D eigenvalue weighted by molar-refractivity contribution is 8.23. The van der Waals surface area contributed by atoms with Crippen molar-refractivity contribution in [1.82, 2.24) is 4.98 Å². The van der Waals surface area contributed by atoms with E-state index < -0.39 is 6.10 Å². The van der Waals surface area contributed by atoms with Crippen molar-refractivity contribution in [2.75, 3.05) is 13.7 Å². The second-order valence-corrected chi connectivity index (χ2v) is 11.4. The Morgan fingerprint density at radius 3 is 2.68 bits per heavy atom. The Labute approximate surface area is 227 Å². The van der Waals surface area contributed by atoms with E-state index in [1.54, 1.807) is 13.4 Å². The van der Waals surface area contributed by atoms with Crippen LogP contribution in [0.3, 0.4) is 0 Å². The van der Waals surface area contributed by atoms with E-state index in [-0.39, 0.29) is 36.9 Å². The van der Waals surface area contributed by atoms with Gasteiger partial charge in [-0.3, -0.25) is 0 Å². The summed E-state index contributed by atoms with van der Waals surface area (Å²) in [4.78, 5) is 4.57. The molecule has 37 heavy (non-hydrogen) atoms. The quantitative estimate of drug-likeness (QED) is 0.171. The van der Waals surface area contributed by atoms with Crippen molar-refractivity contribution in [2.24, 2.45) is 0 Å². The zero-order valence-electron chi connectivity index (χ0n) is 21.3. The van der Waals surface area contributed by atoms with E-state index in [4.69, 9.17) is 28.0 Å². The maximum atomic E-state index is 10.6. The van der Waals surface area contributed by atoms with Gasteiger partial charge in [-0.15, -0.1) is 9.12 Å². The third-order valence-electron chi connectivity index (χ3n) is 6.60. The molecule has 2 aliphatic rings. The summed E-state index contributed by atoms with van der Waals surface area (Å²) >= 11 is 4.22. The average molecular weight is 549 g/mol. The number of ether oxygens (including phenoxy) is 4. The minimum atomic E-state index is -0.472. The van der Waals surface area contributed by atoms with E-state index in [0.29, 0.717) is 44.1 Å². The molecule has 8 nitrogen and oxygen atoms in total. The lowest BCUT2D eigenvalue weighted by Gasteiger charge is -2.37. The van der Waals surface area contributed by atoms with Crippen LogP contribution in [0.25, 0.3) is 0 Å². The predicted molar refractivity (Wildman–Crippen MR) is 148 cm³/mol. The summed E-state index contributed by atoms with van der Waals surface area (Å²) in [5.41, 5.74) is 2.89. The van der Waals surface area contributed by atoms with Crippen LogP contribution in [-0.2, 0) is 32.1 Å². The molecule has 2 saturated heterocycles. The normalized spacial score (nSPS) is 26.3. The van der Waals surface area contributed by atoms with Crippen LogP contribution in [0.5, 0.6) is 5.75 Å². The van der Waals surface area contributed by atoms with Crippen LogP contribution in [0.1, 0.15) is 61.8 Å². The lowest BCUT2D eigenvalue weighted by atomic mass is 9.91. The first kappa shape index (κ1) is 28.6. The van der Waals surface area contributed by atoms with Crippen LogP contribution in [-0.4, -0.2) is 54.1 Å². The number of benzene rings is 1. The van der Waals surface area contributed by atoms with E-state index in [1.807, 2.05) is 24.3 Å². The van der Waals surface area contributed by atoms with E-state index in [0.717, 1.165) is 30.6 Å². The molecule has 2 aliphatic heterocycles. The third kappa shape index (κ3) is 9.10. The van der Waals surface area contributed by atoms with E-state index in [1.165, 1.54) is 5.57 Å². The Hall–Kier alpha value is -1.39. The van der Waals surface area contributed by atoms with Gasteiger partial charge in [0.2, 0.25) is 5.89 Å². The molecule has 1 aromatic carbocycles. The molecule has 3 heterocycles. The zero-order valence-corrected chi connectivity index (χ0v) is 23.3. The van der Waals surface area contributed by atoms with Crippen LogP contribution in [0.2, 0.25) is 0 Å². The van der Waals surface area contributed by atoms with Crippen molar-refractivity contribution in [3.05, 3.63) is 59.8 Å². The van der Waals surface area contributed by atoms with Crippen LogP contribution < -0.4 is 4.74 Å². The Bertz CT molecular complexity index is 992. The maximum absolute atomic E-state index is 10.6. The van der Waals surface area contributed by atoms with Crippen molar-refractivity contribution < 1.29 is 33.1 Å². The highest BCUT2D eigenvalue weighted by atomic mass is 32.1. The Morgan fingerprint density at radius 2 is 1.92 bits per heavy atom. The number of hydrogen-bond donors (Lipinski definition) is 2. The van der Waals surface area contributed by atoms with Crippen molar-refractivity contribution in [2.45, 2.75) is 82.3 Å². The number of methoxy groups -OCH3 is 1. The Kier molecular flexibility index (Phi) is 10.9. The molecule has 0 saturated carbocycles. The molecule has 2 fully saturated rings. The number of aliphatic hydroxyl groups excluding tert-OH is 1. The van der Waals surface area contributed by atoms with Crippen molar-refractivity contribution in [3.8, 4) is 5.75 Å². The van der Waals surface area contributed by atoms with E-state index in [2.05, 4.69) is 33.2 Å².